The third kappa shape index (κ3) is 10.3. The number of aliphatic hydroxyl groups is 1. The van der Waals surface area contributed by atoms with Crippen LogP contribution in [0.5, 0.6) is 0 Å². The summed E-state index contributed by atoms with van der Waals surface area (Å²) >= 11 is 2.49. The number of aliphatic hydroxyl groups excluding tert-OH is 1. The van der Waals surface area contributed by atoms with Gasteiger partial charge in [-0.3, -0.25) is 0 Å². The Balaban J connectivity index is 0.782. The Hall–Kier alpha value is -9.76. The molecule has 0 fully saturated rings. The summed E-state index contributed by atoms with van der Waals surface area (Å²) in [5.41, 5.74) is 13.7. The topological polar surface area (TPSA) is 116 Å². The maximum atomic E-state index is 11.3. The highest BCUT2D eigenvalue weighted by molar-refractivity contribution is 14.1. The molecule has 13 aromatic rings. The zero-order valence-corrected chi connectivity index (χ0v) is 49.8. The molecule has 11 nitrogen and oxygen atoms in total. The van der Waals surface area contributed by atoms with Crippen LogP contribution < -0.4 is 4.57 Å². The third-order valence-electron chi connectivity index (χ3n) is 16.5. The molecule has 1 N–H and O–H groups in total. The number of benzene rings is 10. The molecule has 420 valence electrons. The number of aromatic nitrogens is 10. The molecule has 86 heavy (non-hydrogen) atoms. The standard InChI is InChI=1S/C74H62IN10O/c1-2-3-42-68-70(75)83(52-55-45-49-57(50-46-55)65-39-23-25-41-67(65)72-77-81-85(79-72)74(61-32-16-7-17-33-61,62-34-18-8-19-35-62)63-36-20-9-21-37-63)69(53-86)82(68)51-54-43-47-56(48-44-54)64-38-22-24-40-66(64)71-76-80-84(78-71)73(58-26-10-4-11-27-58,59-28-12-5-13-29-59)60-30-14-6-15-31-60/h4-41,43-50,86H,2-3,42,51-53H2,1H3/q+1. The van der Waals surface area contributed by atoms with E-state index < -0.39 is 11.1 Å². The maximum Gasteiger partial charge on any atom is 0.284 e. The lowest BCUT2D eigenvalue weighted by Crippen LogP contribution is -2.41. The van der Waals surface area contributed by atoms with Crippen molar-refractivity contribution in [1.29, 1.82) is 0 Å². The van der Waals surface area contributed by atoms with E-state index in [9.17, 15) is 5.11 Å². The highest BCUT2D eigenvalue weighted by Crippen LogP contribution is 2.43. The summed E-state index contributed by atoms with van der Waals surface area (Å²) in [5.74, 6) is 1.92. The zero-order chi connectivity index (χ0) is 58.3. The Labute approximate surface area is 514 Å². The van der Waals surface area contributed by atoms with Gasteiger partial charge >= 0.3 is 0 Å². The van der Waals surface area contributed by atoms with Crippen molar-refractivity contribution < 1.29 is 9.67 Å². The molecular weight excluding hydrogens is 1170 g/mol. The van der Waals surface area contributed by atoms with Crippen LogP contribution in [0.4, 0.5) is 0 Å². The average Bonchev–Trinajstić information content (AvgIpc) is 1.37. The number of rotatable bonds is 20. The lowest BCUT2D eigenvalue weighted by Gasteiger charge is -2.34. The number of imidazole rings is 1. The summed E-state index contributed by atoms with van der Waals surface area (Å²) in [7, 11) is 0. The SMILES string of the molecule is CCCCc1c(I)n(Cc2ccc(-c3ccccc3-c3nnn(C(c4ccccc4)(c4ccccc4)c4ccccc4)n3)cc2)c(CO)[n+]1Cc1ccc(-c2ccccc2-c2nnn(C(c3ccccc3)(c3ccccc3)c3ccccc3)n2)cc1. The van der Waals surface area contributed by atoms with Crippen LogP contribution in [-0.4, -0.2) is 50.1 Å². The molecule has 13 rings (SSSR count). The number of unbranched alkanes of at least 4 members (excludes halogenated alkanes) is 1. The van der Waals surface area contributed by atoms with E-state index in [0.717, 1.165) is 107 Å². The van der Waals surface area contributed by atoms with Crippen molar-refractivity contribution in [1.82, 2.24) is 45.0 Å². The van der Waals surface area contributed by atoms with Crippen LogP contribution >= 0.6 is 22.6 Å². The lowest BCUT2D eigenvalue weighted by atomic mass is 9.77. The molecule has 0 atom stereocenters. The Morgan fingerprint density at radius 3 is 1.10 bits per heavy atom. The Kier molecular flexibility index (Phi) is 16.0. The number of tetrazole rings is 2. The summed E-state index contributed by atoms with van der Waals surface area (Å²) in [6, 6.07) is 96.5. The maximum absolute atomic E-state index is 11.3. The van der Waals surface area contributed by atoms with E-state index in [1.54, 1.807) is 9.59 Å². The van der Waals surface area contributed by atoms with Gasteiger partial charge in [-0.1, -0.05) is 292 Å². The second kappa shape index (κ2) is 24.8. The van der Waals surface area contributed by atoms with Crippen LogP contribution in [0, 0.1) is 3.70 Å². The largest absolute Gasteiger partial charge is 0.384 e. The van der Waals surface area contributed by atoms with E-state index in [2.05, 4.69) is 269 Å². The van der Waals surface area contributed by atoms with Gasteiger partial charge in [0.1, 0.15) is 19.7 Å². The number of hydrogen-bond donors (Lipinski definition) is 1. The molecule has 12 heteroatoms. The van der Waals surface area contributed by atoms with E-state index in [4.69, 9.17) is 30.8 Å². The second-order valence-corrected chi connectivity index (χ2v) is 22.5. The van der Waals surface area contributed by atoms with E-state index in [0.29, 0.717) is 24.7 Å². The fourth-order valence-corrected chi connectivity index (χ4v) is 13.3. The van der Waals surface area contributed by atoms with Crippen molar-refractivity contribution in [2.24, 2.45) is 0 Å². The summed E-state index contributed by atoms with van der Waals surface area (Å²) in [5, 5.41) is 41.1. The van der Waals surface area contributed by atoms with Gasteiger partial charge in [0.2, 0.25) is 15.3 Å². The van der Waals surface area contributed by atoms with Gasteiger partial charge in [0.15, 0.2) is 16.8 Å². The Morgan fingerprint density at radius 1 is 0.419 bits per heavy atom. The normalized spacial score (nSPS) is 11.7. The van der Waals surface area contributed by atoms with E-state index in [1.165, 1.54) is 5.69 Å². The second-order valence-electron chi connectivity index (χ2n) is 21.5. The molecule has 3 aromatic heterocycles. The van der Waals surface area contributed by atoms with E-state index in [-0.39, 0.29) is 6.61 Å². The molecule has 0 radical (unpaired) electrons. The monoisotopic (exact) mass is 1230 g/mol. The first kappa shape index (κ1) is 55.4. The zero-order valence-electron chi connectivity index (χ0n) is 47.6. The summed E-state index contributed by atoms with van der Waals surface area (Å²) in [6.07, 6.45) is 2.98. The molecule has 0 saturated carbocycles. The minimum atomic E-state index is -0.892. The molecule has 0 aliphatic rings. The molecule has 0 aliphatic heterocycles. The van der Waals surface area contributed by atoms with Gasteiger partial charge in [0, 0.05) is 40.1 Å². The molecular formula is C74H62IN10O+. The fourth-order valence-electron chi connectivity index (χ4n) is 12.3. The number of hydrogen-bond acceptors (Lipinski definition) is 7. The predicted octanol–water partition coefficient (Wildman–Crippen LogP) is 14.6. The van der Waals surface area contributed by atoms with Gasteiger partial charge in [0.25, 0.3) is 5.82 Å². The van der Waals surface area contributed by atoms with Crippen LogP contribution in [0.3, 0.4) is 0 Å². The van der Waals surface area contributed by atoms with Crippen LogP contribution in [-0.2, 0) is 37.2 Å². The van der Waals surface area contributed by atoms with Gasteiger partial charge in [-0.15, -0.1) is 30.0 Å². The number of halogens is 1. The highest BCUT2D eigenvalue weighted by atomic mass is 127. The first-order chi connectivity index (χ1) is 42.5. The van der Waals surface area contributed by atoms with Crippen molar-refractivity contribution in [3.05, 3.63) is 339 Å². The summed E-state index contributed by atoms with van der Waals surface area (Å²) in [4.78, 5) is 3.55. The predicted molar refractivity (Wildman–Crippen MR) is 347 cm³/mol. The lowest BCUT2D eigenvalue weighted by molar-refractivity contribution is -0.704. The van der Waals surface area contributed by atoms with Crippen LogP contribution in [0.1, 0.15) is 75.8 Å². The fraction of sp³-hybridized carbons (Fsp3) is 0.122. The molecule has 0 saturated heterocycles. The van der Waals surface area contributed by atoms with Crippen molar-refractivity contribution in [3.8, 4) is 45.0 Å². The molecule has 0 unspecified atom stereocenters. The third-order valence-corrected chi connectivity index (χ3v) is 17.7. The minimum Gasteiger partial charge on any atom is -0.384 e. The van der Waals surface area contributed by atoms with Crippen molar-refractivity contribution in [2.75, 3.05) is 0 Å². The molecule has 3 heterocycles. The molecule has 0 aliphatic carbocycles. The van der Waals surface area contributed by atoms with Gasteiger partial charge in [0.05, 0.1) is 0 Å². The van der Waals surface area contributed by atoms with Crippen LogP contribution in [0.2, 0.25) is 0 Å². The van der Waals surface area contributed by atoms with Crippen molar-refractivity contribution >= 4 is 22.6 Å². The molecule has 0 amide bonds. The summed E-state index contributed by atoms with van der Waals surface area (Å²) < 4.78 is 5.74. The first-order valence-corrected chi connectivity index (χ1v) is 30.3. The average molecular weight is 1230 g/mol. The van der Waals surface area contributed by atoms with Crippen LogP contribution in [0.25, 0.3) is 45.0 Å². The molecule has 0 bridgehead atoms. The Bertz CT molecular complexity index is 4170. The Morgan fingerprint density at radius 2 is 0.756 bits per heavy atom. The molecule has 0 spiro atoms. The van der Waals surface area contributed by atoms with Gasteiger partial charge < -0.3 is 5.11 Å². The first-order valence-electron chi connectivity index (χ1n) is 29.2. The van der Waals surface area contributed by atoms with Crippen molar-refractivity contribution in [3.63, 3.8) is 0 Å². The van der Waals surface area contributed by atoms with E-state index >= 15 is 0 Å². The highest BCUT2D eigenvalue weighted by Gasteiger charge is 2.43. The number of nitrogens with zero attached hydrogens (tertiary/aromatic N) is 10. The van der Waals surface area contributed by atoms with Gasteiger partial charge in [-0.05, 0) is 83.6 Å². The van der Waals surface area contributed by atoms with E-state index in [1.807, 2.05) is 48.5 Å². The quantitative estimate of drug-likeness (QED) is 0.0459. The summed E-state index contributed by atoms with van der Waals surface area (Å²) in [6.45, 7) is 3.32. The molecule has 10 aromatic carbocycles. The van der Waals surface area contributed by atoms with Crippen molar-refractivity contribution in [2.45, 2.75) is 57.0 Å². The van der Waals surface area contributed by atoms with Gasteiger partial charge in [-0.25, -0.2) is 9.13 Å². The minimum absolute atomic E-state index is 0.111. The van der Waals surface area contributed by atoms with Gasteiger partial charge in [-0.2, -0.15) is 0 Å². The van der Waals surface area contributed by atoms with Crippen LogP contribution in [0.15, 0.2) is 279 Å². The smallest absolute Gasteiger partial charge is 0.284 e.